The zero-order valence-corrected chi connectivity index (χ0v) is 12.5. The third kappa shape index (κ3) is 3.12. The van der Waals surface area contributed by atoms with E-state index in [1.807, 2.05) is 0 Å². The zero-order valence-electron chi connectivity index (χ0n) is 11.0. The van der Waals surface area contributed by atoms with Gasteiger partial charge in [-0.25, -0.2) is 0 Å². The highest BCUT2D eigenvalue weighted by Gasteiger charge is 2.50. The van der Waals surface area contributed by atoms with Crippen molar-refractivity contribution < 1.29 is 19.8 Å². The number of ketones is 1. The SMILES string of the molecule is O=C(C(O)c1ccccc1)C1C=C(Cl)CCC1(Cl)C(=O)O. The Balaban J connectivity index is 2.35. The minimum atomic E-state index is -1.77. The van der Waals surface area contributed by atoms with Crippen LogP contribution in [0.5, 0.6) is 0 Å². The van der Waals surface area contributed by atoms with Gasteiger partial charge in [0, 0.05) is 5.03 Å². The van der Waals surface area contributed by atoms with Crippen LogP contribution < -0.4 is 0 Å². The van der Waals surface area contributed by atoms with E-state index in [4.69, 9.17) is 23.2 Å². The molecule has 0 heterocycles. The maximum Gasteiger partial charge on any atom is 0.325 e. The van der Waals surface area contributed by atoms with Crippen molar-refractivity contribution in [3.05, 3.63) is 47.0 Å². The van der Waals surface area contributed by atoms with E-state index in [-0.39, 0.29) is 6.42 Å². The fraction of sp³-hybridized carbons (Fsp3) is 0.333. The summed E-state index contributed by atoms with van der Waals surface area (Å²) in [4.78, 5) is 22.1. The quantitative estimate of drug-likeness (QED) is 0.833. The van der Waals surface area contributed by atoms with Crippen LogP contribution >= 0.6 is 23.2 Å². The molecule has 112 valence electrons. The monoisotopic (exact) mass is 328 g/mol. The minimum Gasteiger partial charge on any atom is -0.480 e. The number of halogens is 2. The summed E-state index contributed by atoms with van der Waals surface area (Å²) < 4.78 is 0. The van der Waals surface area contributed by atoms with Crippen molar-refractivity contribution >= 4 is 35.0 Å². The van der Waals surface area contributed by atoms with E-state index in [2.05, 4.69) is 0 Å². The Morgan fingerprint density at radius 2 is 1.90 bits per heavy atom. The van der Waals surface area contributed by atoms with Crippen LogP contribution in [0.4, 0.5) is 0 Å². The summed E-state index contributed by atoms with van der Waals surface area (Å²) in [5.74, 6) is -3.13. The maximum absolute atomic E-state index is 12.5. The van der Waals surface area contributed by atoms with Crippen LogP contribution in [0.15, 0.2) is 41.4 Å². The van der Waals surface area contributed by atoms with Gasteiger partial charge in [0.2, 0.25) is 0 Å². The molecule has 0 saturated heterocycles. The molecule has 0 bridgehead atoms. The van der Waals surface area contributed by atoms with Gasteiger partial charge in [0.1, 0.15) is 6.10 Å². The van der Waals surface area contributed by atoms with Crippen LogP contribution in [0.25, 0.3) is 0 Å². The number of aliphatic hydroxyl groups excluding tert-OH is 1. The van der Waals surface area contributed by atoms with Gasteiger partial charge >= 0.3 is 5.97 Å². The average Bonchev–Trinajstić information content (AvgIpc) is 2.49. The number of allylic oxidation sites excluding steroid dienone is 2. The molecule has 0 radical (unpaired) electrons. The van der Waals surface area contributed by atoms with Gasteiger partial charge in [-0.2, -0.15) is 0 Å². The number of rotatable bonds is 4. The topological polar surface area (TPSA) is 74.6 Å². The molecule has 0 fully saturated rings. The second-order valence-electron chi connectivity index (χ2n) is 4.97. The summed E-state index contributed by atoms with van der Waals surface area (Å²) in [6, 6.07) is 8.29. The fourth-order valence-electron chi connectivity index (χ4n) is 2.37. The normalized spacial score (nSPS) is 26.8. The number of carboxylic acid groups (broad SMARTS) is 1. The number of carboxylic acids is 1. The van der Waals surface area contributed by atoms with Crippen LogP contribution in [-0.4, -0.2) is 26.8 Å². The Morgan fingerprint density at radius 3 is 2.48 bits per heavy atom. The van der Waals surface area contributed by atoms with Crippen molar-refractivity contribution in [2.45, 2.75) is 23.8 Å². The van der Waals surface area contributed by atoms with E-state index in [1.54, 1.807) is 30.3 Å². The van der Waals surface area contributed by atoms with E-state index in [0.717, 1.165) is 0 Å². The smallest absolute Gasteiger partial charge is 0.325 e. The van der Waals surface area contributed by atoms with Crippen molar-refractivity contribution in [3.8, 4) is 0 Å². The van der Waals surface area contributed by atoms with Gasteiger partial charge in [0.05, 0.1) is 5.92 Å². The van der Waals surface area contributed by atoms with Gasteiger partial charge in [-0.15, -0.1) is 11.6 Å². The summed E-state index contributed by atoms with van der Waals surface area (Å²) in [6.45, 7) is 0. The molecule has 0 spiro atoms. The largest absolute Gasteiger partial charge is 0.480 e. The van der Waals surface area contributed by atoms with Crippen molar-refractivity contribution in [2.75, 3.05) is 0 Å². The lowest BCUT2D eigenvalue weighted by atomic mass is 9.78. The molecule has 2 N–H and O–H groups in total. The molecule has 1 aromatic rings. The predicted molar refractivity (Wildman–Crippen MR) is 79.3 cm³/mol. The van der Waals surface area contributed by atoms with Crippen LogP contribution in [0.3, 0.4) is 0 Å². The van der Waals surface area contributed by atoms with Gasteiger partial charge in [-0.3, -0.25) is 9.59 Å². The Kier molecular flexibility index (Phi) is 4.71. The van der Waals surface area contributed by atoms with Crippen molar-refractivity contribution in [3.63, 3.8) is 0 Å². The van der Waals surface area contributed by atoms with Crippen molar-refractivity contribution in [1.29, 1.82) is 0 Å². The van der Waals surface area contributed by atoms with Gasteiger partial charge in [0.25, 0.3) is 0 Å². The van der Waals surface area contributed by atoms with Crippen LogP contribution in [-0.2, 0) is 9.59 Å². The molecular formula is C15H14Cl2O4. The van der Waals surface area contributed by atoms with Crippen LogP contribution in [0, 0.1) is 5.92 Å². The first-order chi connectivity index (χ1) is 9.86. The lowest BCUT2D eigenvalue weighted by Crippen LogP contribution is -2.46. The molecule has 0 aliphatic heterocycles. The highest BCUT2D eigenvalue weighted by atomic mass is 35.5. The molecule has 0 aromatic heterocycles. The maximum atomic E-state index is 12.5. The molecule has 0 saturated carbocycles. The lowest BCUT2D eigenvalue weighted by molar-refractivity contribution is -0.146. The van der Waals surface area contributed by atoms with Crippen LogP contribution in [0.1, 0.15) is 24.5 Å². The molecule has 1 aliphatic carbocycles. The minimum absolute atomic E-state index is 0.0388. The number of hydrogen-bond acceptors (Lipinski definition) is 3. The Labute approximate surface area is 132 Å². The first kappa shape index (κ1) is 16.0. The molecule has 0 amide bonds. The highest BCUT2D eigenvalue weighted by Crippen LogP contribution is 2.41. The third-order valence-corrected chi connectivity index (χ3v) is 4.52. The van der Waals surface area contributed by atoms with E-state index in [0.29, 0.717) is 17.0 Å². The van der Waals surface area contributed by atoms with Crippen molar-refractivity contribution in [1.82, 2.24) is 0 Å². The number of Topliss-reactive ketones (excluding diaryl/α,β-unsaturated/α-hetero) is 1. The molecule has 1 aliphatic rings. The molecule has 3 atom stereocenters. The fourth-order valence-corrected chi connectivity index (χ4v) is 2.86. The van der Waals surface area contributed by atoms with E-state index in [1.165, 1.54) is 6.08 Å². The summed E-state index contributed by atoms with van der Waals surface area (Å²) in [6.07, 6.45) is 0.230. The zero-order chi connectivity index (χ0) is 15.6. The number of hydrogen-bond donors (Lipinski definition) is 2. The number of aliphatic carboxylic acids is 1. The van der Waals surface area contributed by atoms with E-state index >= 15 is 0 Å². The average molecular weight is 329 g/mol. The summed E-state index contributed by atoms with van der Waals surface area (Å²) in [5.41, 5.74) is 0.391. The van der Waals surface area contributed by atoms with Crippen molar-refractivity contribution in [2.24, 2.45) is 5.92 Å². The van der Waals surface area contributed by atoms with Crippen LogP contribution in [0.2, 0.25) is 0 Å². The second kappa shape index (κ2) is 6.18. The number of aliphatic hydroxyl groups is 1. The summed E-state index contributed by atoms with van der Waals surface area (Å²) >= 11 is 12.0. The Morgan fingerprint density at radius 1 is 1.29 bits per heavy atom. The first-order valence-electron chi connectivity index (χ1n) is 6.41. The standard InChI is InChI=1S/C15H14Cl2O4/c16-10-6-7-15(17,14(20)21)11(8-10)13(19)12(18)9-4-2-1-3-5-9/h1-5,8,11-12,18H,6-7H2,(H,20,21). The number of carbonyl (C=O) groups is 2. The van der Waals surface area contributed by atoms with E-state index < -0.39 is 28.6 Å². The number of benzene rings is 1. The molecule has 3 unspecified atom stereocenters. The lowest BCUT2D eigenvalue weighted by Gasteiger charge is -2.33. The van der Waals surface area contributed by atoms with Gasteiger partial charge in [-0.1, -0.05) is 48.0 Å². The van der Waals surface area contributed by atoms with Gasteiger partial charge in [0.15, 0.2) is 10.7 Å². The third-order valence-electron chi connectivity index (χ3n) is 3.62. The molecule has 4 nitrogen and oxygen atoms in total. The number of carbonyl (C=O) groups excluding carboxylic acids is 1. The molecule has 1 aromatic carbocycles. The molecular weight excluding hydrogens is 315 g/mol. The van der Waals surface area contributed by atoms with E-state index in [9.17, 15) is 19.8 Å². The Hall–Kier alpha value is -1.36. The summed E-state index contributed by atoms with van der Waals surface area (Å²) in [7, 11) is 0. The first-order valence-corrected chi connectivity index (χ1v) is 7.17. The molecule has 21 heavy (non-hydrogen) atoms. The molecule has 2 rings (SSSR count). The predicted octanol–water partition coefficient (Wildman–Crippen LogP) is 2.88. The summed E-state index contributed by atoms with van der Waals surface area (Å²) in [5, 5.41) is 19.9. The second-order valence-corrected chi connectivity index (χ2v) is 6.13. The van der Waals surface area contributed by atoms with Gasteiger partial charge in [-0.05, 0) is 18.4 Å². The van der Waals surface area contributed by atoms with Gasteiger partial charge < -0.3 is 10.2 Å². The Bertz CT molecular complexity index is 585. The number of alkyl halides is 1. The molecule has 6 heteroatoms. The highest BCUT2D eigenvalue weighted by molar-refractivity contribution is 6.37.